The second-order valence-corrected chi connectivity index (χ2v) is 9.04. The van der Waals surface area contributed by atoms with Crippen LogP contribution in [0.1, 0.15) is 11.3 Å². The Balaban J connectivity index is 1.47. The Hall–Kier alpha value is -2.62. The normalized spacial score (nSPS) is 16.3. The molecule has 0 radical (unpaired) electrons. The van der Waals surface area contributed by atoms with E-state index in [1.165, 1.54) is 33.0 Å². The Morgan fingerprint density at radius 3 is 2.52 bits per heavy atom. The summed E-state index contributed by atoms with van der Waals surface area (Å²) in [7, 11) is -3.87. The second kappa shape index (κ2) is 7.66. The second-order valence-electron chi connectivity index (χ2n) is 7.13. The Morgan fingerprint density at radius 2 is 1.79 bits per heavy atom. The molecule has 1 saturated heterocycles. The molecular formula is C20H21FN4O3S. The molecule has 0 unspecified atom stereocenters. The number of hydrogen-bond donors (Lipinski definition) is 0. The maximum Gasteiger partial charge on any atom is 0.258 e. The van der Waals surface area contributed by atoms with E-state index in [4.69, 9.17) is 0 Å². The third kappa shape index (κ3) is 3.93. The Morgan fingerprint density at radius 1 is 1.07 bits per heavy atom. The molecule has 3 aromatic rings. The van der Waals surface area contributed by atoms with Crippen LogP contribution in [-0.2, 0) is 16.6 Å². The molecule has 0 N–H and O–H groups in total. The molecule has 2 aromatic heterocycles. The van der Waals surface area contributed by atoms with Crippen molar-refractivity contribution in [1.82, 2.24) is 18.6 Å². The summed E-state index contributed by atoms with van der Waals surface area (Å²) in [5.74, 6) is -0.744. The van der Waals surface area contributed by atoms with Crippen LogP contribution in [0.4, 0.5) is 4.39 Å². The molecule has 152 valence electrons. The van der Waals surface area contributed by atoms with Gasteiger partial charge in [0, 0.05) is 45.0 Å². The first-order chi connectivity index (χ1) is 13.8. The van der Waals surface area contributed by atoms with E-state index in [-0.39, 0.29) is 23.5 Å². The molecule has 0 spiro atoms. The molecule has 0 saturated carbocycles. The van der Waals surface area contributed by atoms with Gasteiger partial charge < -0.3 is 0 Å². The molecule has 0 atom stereocenters. The summed E-state index contributed by atoms with van der Waals surface area (Å²) in [4.78, 5) is 18.6. The van der Waals surface area contributed by atoms with E-state index < -0.39 is 15.8 Å². The number of benzene rings is 1. The lowest BCUT2D eigenvalue weighted by atomic mass is 10.3. The van der Waals surface area contributed by atoms with Crippen LogP contribution < -0.4 is 5.56 Å². The number of hydrogen-bond acceptors (Lipinski definition) is 5. The Labute approximate surface area is 168 Å². The number of rotatable bonds is 4. The number of pyridine rings is 1. The van der Waals surface area contributed by atoms with Crippen molar-refractivity contribution in [3.63, 3.8) is 0 Å². The van der Waals surface area contributed by atoms with Crippen molar-refractivity contribution in [2.45, 2.75) is 18.4 Å². The molecular weight excluding hydrogens is 395 g/mol. The number of aryl methyl sites for hydroxylation is 1. The van der Waals surface area contributed by atoms with Gasteiger partial charge in [0.2, 0.25) is 10.0 Å². The number of piperazine rings is 1. The van der Waals surface area contributed by atoms with Gasteiger partial charge in [0.1, 0.15) is 16.4 Å². The minimum atomic E-state index is -3.87. The highest BCUT2D eigenvalue weighted by Gasteiger charge is 2.30. The maximum atomic E-state index is 13.9. The number of halogens is 1. The summed E-state index contributed by atoms with van der Waals surface area (Å²) in [6.07, 6.45) is 1.75. The van der Waals surface area contributed by atoms with E-state index in [1.807, 2.05) is 17.9 Å². The van der Waals surface area contributed by atoms with E-state index in [9.17, 15) is 17.6 Å². The number of nitrogens with zero attached hydrogens (tertiary/aromatic N) is 4. The van der Waals surface area contributed by atoms with Gasteiger partial charge in [0.25, 0.3) is 5.56 Å². The maximum absolute atomic E-state index is 13.9. The van der Waals surface area contributed by atoms with Crippen LogP contribution >= 0.6 is 0 Å². The lowest BCUT2D eigenvalue weighted by Gasteiger charge is -2.33. The predicted octanol–water partition coefficient (Wildman–Crippen LogP) is 1.65. The number of sulfonamides is 1. The standard InChI is InChI=1S/C20H21FN4O3S/c1-15-6-7-19-22-16(12-20(26)25(19)13-15)14-23-8-10-24(11-9-23)29(27,28)18-5-3-2-4-17(18)21/h2-7,12-13H,8-11,14H2,1H3. The molecule has 1 aromatic carbocycles. The van der Waals surface area contributed by atoms with E-state index in [0.29, 0.717) is 31.0 Å². The largest absolute Gasteiger partial charge is 0.295 e. The highest BCUT2D eigenvalue weighted by molar-refractivity contribution is 7.89. The average molecular weight is 416 g/mol. The minimum absolute atomic E-state index is 0.144. The number of aromatic nitrogens is 2. The Bertz CT molecular complexity index is 1220. The van der Waals surface area contributed by atoms with E-state index >= 15 is 0 Å². The van der Waals surface area contributed by atoms with Gasteiger partial charge in [-0.1, -0.05) is 18.2 Å². The molecule has 1 fully saturated rings. The van der Waals surface area contributed by atoms with Crippen LogP contribution in [-0.4, -0.2) is 53.2 Å². The van der Waals surface area contributed by atoms with E-state index in [1.54, 1.807) is 12.3 Å². The summed E-state index contributed by atoms with van der Waals surface area (Å²) >= 11 is 0. The molecule has 0 aliphatic carbocycles. The fraction of sp³-hybridized carbons (Fsp3) is 0.300. The molecule has 3 heterocycles. The number of fused-ring (bicyclic) bond motifs is 1. The van der Waals surface area contributed by atoms with Crippen molar-refractivity contribution in [3.05, 3.63) is 76.1 Å². The zero-order valence-electron chi connectivity index (χ0n) is 16.0. The predicted molar refractivity (Wildman–Crippen MR) is 107 cm³/mol. The first-order valence-corrected chi connectivity index (χ1v) is 10.7. The Kier molecular flexibility index (Phi) is 5.20. The van der Waals surface area contributed by atoms with Crippen molar-refractivity contribution >= 4 is 15.7 Å². The van der Waals surface area contributed by atoms with E-state index in [2.05, 4.69) is 4.98 Å². The summed E-state index contributed by atoms with van der Waals surface area (Å²) in [5.41, 5.74) is 2.05. The van der Waals surface area contributed by atoms with Crippen molar-refractivity contribution in [1.29, 1.82) is 0 Å². The summed E-state index contributed by atoms with van der Waals surface area (Å²) in [5, 5.41) is 0. The monoisotopic (exact) mass is 416 g/mol. The van der Waals surface area contributed by atoms with Gasteiger partial charge in [-0.05, 0) is 30.7 Å². The molecule has 29 heavy (non-hydrogen) atoms. The molecule has 9 heteroatoms. The van der Waals surface area contributed by atoms with Gasteiger partial charge >= 0.3 is 0 Å². The lowest BCUT2D eigenvalue weighted by molar-refractivity contribution is 0.179. The molecule has 1 aliphatic rings. The van der Waals surface area contributed by atoms with Crippen molar-refractivity contribution < 1.29 is 12.8 Å². The SMILES string of the molecule is Cc1ccc2nc(CN3CCN(S(=O)(=O)c4ccccc4F)CC3)cc(=O)n2c1. The zero-order chi connectivity index (χ0) is 20.6. The topological polar surface area (TPSA) is 75.0 Å². The molecule has 0 amide bonds. The minimum Gasteiger partial charge on any atom is -0.295 e. The van der Waals surface area contributed by atoms with Crippen LogP contribution in [0.2, 0.25) is 0 Å². The summed E-state index contributed by atoms with van der Waals surface area (Å²) in [6, 6.07) is 10.6. The fourth-order valence-corrected chi connectivity index (χ4v) is 4.98. The first kappa shape index (κ1) is 19.7. The molecule has 1 aliphatic heterocycles. The first-order valence-electron chi connectivity index (χ1n) is 9.30. The quantitative estimate of drug-likeness (QED) is 0.647. The van der Waals surface area contributed by atoms with Crippen LogP contribution in [0.25, 0.3) is 5.65 Å². The fourth-order valence-electron chi connectivity index (χ4n) is 3.49. The van der Waals surface area contributed by atoms with Gasteiger partial charge in [-0.25, -0.2) is 17.8 Å². The lowest BCUT2D eigenvalue weighted by Crippen LogP contribution is -2.48. The van der Waals surface area contributed by atoms with Crippen molar-refractivity contribution in [2.24, 2.45) is 0 Å². The smallest absolute Gasteiger partial charge is 0.258 e. The van der Waals surface area contributed by atoms with Gasteiger partial charge in [0.05, 0.1) is 5.69 Å². The van der Waals surface area contributed by atoms with Crippen LogP contribution in [0.15, 0.2) is 58.4 Å². The third-order valence-corrected chi connectivity index (χ3v) is 6.96. The van der Waals surface area contributed by atoms with Crippen molar-refractivity contribution in [2.75, 3.05) is 26.2 Å². The van der Waals surface area contributed by atoms with Gasteiger partial charge in [-0.2, -0.15) is 4.31 Å². The highest BCUT2D eigenvalue weighted by atomic mass is 32.2. The third-order valence-electron chi connectivity index (χ3n) is 5.03. The molecule has 4 rings (SSSR count). The average Bonchev–Trinajstić information content (AvgIpc) is 2.69. The van der Waals surface area contributed by atoms with Crippen molar-refractivity contribution in [3.8, 4) is 0 Å². The van der Waals surface area contributed by atoms with Crippen LogP contribution in [0.5, 0.6) is 0 Å². The van der Waals surface area contributed by atoms with Gasteiger partial charge in [0.15, 0.2) is 0 Å². The highest BCUT2D eigenvalue weighted by Crippen LogP contribution is 2.20. The van der Waals surface area contributed by atoms with Crippen LogP contribution in [0, 0.1) is 12.7 Å². The van der Waals surface area contributed by atoms with Gasteiger partial charge in [-0.3, -0.25) is 14.1 Å². The summed E-state index contributed by atoms with van der Waals surface area (Å²) in [6.45, 7) is 3.82. The van der Waals surface area contributed by atoms with Gasteiger partial charge in [-0.15, -0.1) is 0 Å². The molecule has 0 bridgehead atoms. The zero-order valence-corrected chi connectivity index (χ0v) is 16.8. The molecule has 7 nitrogen and oxygen atoms in total. The summed E-state index contributed by atoms with van der Waals surface area (Å²) < 4.78 is 42.2. The van der Waals surface area contributed by atoms with Crippen LogP contribution in [0.3, 0.4) is 0 Å². The van der Waals surface area contributed by atoms with E-state index in [0.717, 1.165) is 11.6 Å².